The number of Topliss-reactive ketones (excluding diaryl/α,β-unsaturated/α-hetero) is 1. The molecule has 1 aliphatic heterocycles. The fraction of sp³-hybridized carbons (Fsp3) is 0.250. The first-order valence-electron chi connectivity index (χ1n) is 12.7. The topological polar surface area (TPSA) is 165 Å². The molecule has 1 saturated heterocycles. The Morgan fingerprint density at radius 3 is 2.58 bits per heavy atom. The van der Waals surface area contributed by atoms with Gasteiger partial charge < -0.3 is 24.8 Å². The van der Waals surface area contributed by atoms with Crippen molar-refractivity contribution in [1.82, 2.24) is 25.1 Å². The summed E-state index contributed by atoms with van der Waals surface area (Å²) < 4.78 is 11.2. The van der Waals surface area contributed by atoms with E-state index in [0.29, 0.717) is 60.2 Å². The first-order valence-corrected chi connectivity index (χ1v) is 12.7. The van der Waals surface area contributed by atoms with Gasteiger partial charge in [-0.15, -0.1) is 10.2 Å². The van der Waals surface area contributed by atoms with Gasteiger partial charge in [-0.1, -0.05) is 35.9 Å². The Hall–Kier alpha value is -5.13. The second-order valence-electron chi connectivity index (χ2n) is 9.21. The Balaban J connectivity index is 1.40. The Labute approximate surface area is 229 Å². The number of nitrogens with zero attached hydrogens (tertiary/aromatic N) is 6. The summed E-state index contributed by atoms with van der Waals surface area (Å²) in [5.41, 5.74) is 9.11. The van der Waals surface area contributed by atoms with Crippen molar-refractivity contribution >= 4 is 46.2 Å². The lowest BCUT2D eigenvalue weighted by atomic mass is 9.92. The molecule has 5 rings (SSSR count). The van der Waals surface area contributed by atoms with Gasteiger partial charge in [-0.25, -0.2) is 15.0 Å². The van der Waals surface area contributed by atoms with E-state index in [2.05, 4.69) is 30.2 Å². The van der Waals surface area contributed by atoms with Gasteiger partial charge in [0.2, 0.25) is 11.8 Å². The number of aliphatic imine (C=N–C) groups is 2. The van der Waals surface area contributed by atoms with E-state index in [1.54, 1.807) is 18.7 Å². The van der Waals surface area contributed by atoms with Crippen LogP contribution >= 0.6 is 0 Å². The number of methoxy groups -OCH3 is 1. The Morgan fingerprint density at radius 2 is 1.93 bits per heavy atom. The van der Waals surface area contributed by atoms with Gasteiger partial charge in [-0.2, -0.15) is 0 Å². The summed E-state index contributed by atoms with van der Waals surface area (Å²) in [7, 11) is 1.47. The number of ketones is 1. The number of rotatable bonds is 7. The van der Waals surface area contributed by atoms with Crippen LogP contribution in [0.3, 0.4) is 0 Å². The van der Waals surface area contributed by atoms with Crippen LogP contribution in [0, 0.1) is 6.92 Å². The van der Waals surface area contributed by atoms with Crippen molar-refractivity contribution < 1.29 is 18.7 Å². The number of amidine groups is 1. The quantitative estimate of drug-likeness (QED) is 0.155. The van der Waals surface area contributed by atoms with Crippen molar-refractivity contribution in [3.8, 4) is 5.75 Å². The molecule has 12 nitrogen and oxygen atoms in total. The number of pyridine rings is 1. The molecule has 3 aromatic heterocycles. The molecule has 204 valence electrons. The number of carbonyl (C=O) groups excluding carboxylic acids is 2. The van der Waals surface area contributed by atoms with E-state index < -0.39 is 11.7 Å². The van der Waals surface area contributed by atoms with Crippen LogP contribution in [-0.2, 0) is 4.79 Å². The fourth-order valence-corrected chi connectivity index (χ4v) is 4.68. The number of benzene rings is 1. The average Bonchev–Trinajstić information content (AvgIpc) is 3.60. The third-order valence-electron chi connectivity index (χ3n) is 6.56. The third kappa shape index (κ3) is 5.23. The molecule has 0 bridgehead atoms. The van der Waals surface area contributed by atoms with E-state index in [1.165, 1.54) is 25.8 Å². The molecular formula is C28H28N8O4. The van der Waals surface area contributed by atoms with Gasteiger partial charge in [-0.05, 0) is 25.3 Å². The molecule has 40 heavy (non-hydrogen) atoms. The fourth-order valence-electron chi connectivity index (χ4n) is 4.68. The van der Waals surface area contributed by atoms with Crippen LogP contribution in [0.15, 0.2) is 62.7 Å². The molecule has 12 heteroatoms. The first kappa shape index (κ1) is 26.5. The lowest BCUT2D eigenvalue weighted by Crippen LogP contribution is -2.40. The molecule has 1 amide bonds. The summed E-state index contributed by atoms with van der Waals surface area (Å²) in [6.45, 7) is 4.12. The van der Waals surface area contributed by atoms with Gasteiger partial charge in [0.25, 0.3) is 11.7 Å². The zero-order chi connectivity index (χ0) is 28.2. The summed E-state index contributed by atoms with van der Waals surface area (Å²) in [5.74, 6) is 0.638. The van der Waals surface area contributed by atoms with Gasteiger partial charge >= 0.3 is 0 Å². The maximum Gasteiger partial charge on any atom is 0.295 e. The van der Waals surface area contributed by atoms with E-state index >= 15 is 0 Å². The number of nitrogens with two attached hydrogens (primary N) is 1. The van der Waals surface area contributed by atoms with E-state index in [1.807, 2.05) is 30.3 Å². The number of aromatic nitrogens is 4. The number of likely N-dealkylation sites (tertiary alicyclic amines) is 1. The molecule has 0 saturated carbocycles. The summed E-state index contributed by atoms with van der Waals surface area (Å²) in [6, 6.07) is 9.82. The van der Waals surface area contributed by atoms with E-state index in [4.69, 9.17) is 14.9 Å². The number of fused-ring (bicyclic) bond motifs is 1. The molecule has 0 aliphatic carbocycles. The highest BCUT2D eigenvalue weighted by Crippen LogP contribution is 2.35. The normalized spacial score (nSPS) is 14.2. The smallest absolute Gasteiger partial charge is 0.295 e. The number of carbonyl (C=O) groups is 2. The van der Waals surface area contributed by atoms with Crippen molar-refractivity contribution in [1.29, 1.82) is 0 Å². The zero-order valence-corrected chi connectivity index (χ0v) is 22.3. The molecule has 4 heterocycles. The van der Waals surface area contributed by atoms with Crippen LogP contribution in [0.25, 0.3) is 16.5 Å². The molecular weight excluding hydrogens is 512 g/mol. The summed E-state index contributed by atoms with van der Waals surface area (Å²) in [5, 5.41) is 8.66. The summed E-state index contributed by atoms with van der Waals surface area (Å²) in [6.07, 6.45) is 5.32. The predicted octanol–water partition coefficient (Wildman–Crippen LogP) is 3.61. The molecule has 0 atom stereocenters. The second kappa shape index (κ2) is 11.3. The largest absolute Gasteiger partial charge is 0.494 e. The average molecular weight is 541 g/mol. The van der Waals surface area contributed by atoms with Gasteiger partial charge in [0, 0.05) is 31.8 Å². The molecule has 1 aromatic carbocycles. The number of hydrogen-bond acceptors (Lipinski definition) is 8. The predicted molar refractivity (Wildman–Crippen MR) is 150 cm³/mol. The molecule has 3 N–H and O–H groups in total. The molecule has 1 aliphatic rings. The maximum atomic E-state index is 13.5. The van der Waals surface area contributed by atoms with Crippen molar-refractivity contribution in [3.63, 3.8) is 0 Å². The number of H-pyrrole nitrogens is 1. The van der Waals surface area contributed by atoms with Gasteiger partial charge in [0.05, 0.1) is 35.6 Å². The highest BCUT2D eigenvalue weighted by molar-refractivity contribution is 6.45. The van der Waals surface area contributed by atoms with Crippen molar-refractivity contribution in [2.45, 2.75) is 26.7 Å². The highest BCUT2D eigenvalue weighted by atomic mass is 16.5. The number of aryl methyl sites for hydroxylation is 1. The van der Waals surface area contributed by atoms with Crippen molar-refractivity contribution in [2.75, 3.05) is 20.2 Å². The van der Waals surface area contributed by atoms with Gasteiger partial charge in [-0.3, -0.25) is 9.59 Å². The number of nitrogens with one attached hydrogen (secondary N) is 1. The van der Waals surface area contributed by atoms with E-state index in [0.717, 1.165) is 16.7 Å². The molecule has 0 radical (unpaired) electrons. The number of aromatic amines is 1. The molecule has 0 unspecified atom stereocenters. The van der Waals surface area contributed by atoms with Crippen molar-refractivity contribution in [2.24, 2.45) is 15.7 Å². The van der Waals surface area contributed by atoms with Gasteiger partial charge in [0.1, 0.15) is 12.1 Å². The third-order valence-corrected chi connectivity index (χ3v) is 6.56. The Morgan fingerprint density at radius 1 is 1.18 bits per heavy atom. The summed E-state index contributed by atoms with van der Waals surface area (Å²) >= 11 is 0. The second-order valence-corrected chi connectivity index (χ2v) is 9.21. The van der Waals surface area contributed by atoms with Crippen LogP contribution in [0.5, 0.6) is 5.75 Å². The van der Waals surface area contributed by atoms with Crippen molar-refractivity contribution in [3.05, 3.63) is 71.2 Å². The molecule has 1 fully saturated rings. The van der Waals surface area contributed by atoms with Crippen LogP contribution in [0.4, 0.5) is 5.82 Å². The SMILES string of the molecule is COc1cnc(N=CN=C(C)N)c2[nH]cc(C(=O)C(=O)N3CCC(=C(c4ccccc4)c4nnc(C)o4)CC3)c12. The number of amides is 1. The minimum atomic E-state index is -0.648. The van der Waals surface area contributed by atoms with Crippen LogP contribution in [0.2, 0.25) is 0 Å². The molecule has 0 spiro atoms. The van der Waals surface area contributed by atoms with Crippen LogP contribution in [0.1, 0.15) is 47.5 Å². The number of hydrogen-bond donors (Lipinski definition) is 2. The van der Waals surface area contributed by atoms with E-state index in [-0.39, 0.29) is 11.4 Å². The Kier molecular flexibility index (Phi) is 7.49. The number of ether oxygens (including phenoxy) is 1. The van der Waals surface area contributed by atoms with Gasteiger partial charge in [0.15, 0.2) is 5.82 Å². The van der Waals surface area contributed by atoms with Crippen LogP contribution in [-0.4, -0.2) is 69.1 Å². The van der Waals surface area contributed by atoms with E-state index in [9.17, 15) is 9.59 Å². The monoisotopic (exact) mass is 540 g/mol. The lowest BCUT2D eigenvalue weighted by molar-refractivity contribution is -0.126. The zero-order valence-electron chi connectivity index (χ0n) is 22.3. The minimum absolute atomic E-state index is 0.182. The lowest BCUT2D eigenvalue weighted by Gasteiger charge is -2.29. The standard InChI is InChI=1S/C28H28N8O4/c1-16(29)32-15-33-26-24-23(21(39-3)14-31-26)20(13-30-24)25(37)28(38)36-11-9-19(10-12-36)22(18-7-5-4-6-8-18)27-35-34-17(2)40-27/h4-8,13-15,30H,9-12H2,1-3H3,(H2,29,31,32,33). The Bertz CT molecular complexity index is 1650. The summed E-state index contributed by atoms with van der Waals surface area (Å²) in [4.78, 5) is 43.8. The maximum absolute atomic E-state index is 13.5. The molecule has 4 aromatic rings. The first-order chi connectivity index (χ1) is 19.4. The number of piperidine rings is 1. The van der Waals surface area contributed by atoms with Crippen LogP contribution < -0.4 is 10.5 Å². The highest BCUT2D eigenvalue weighted by Gasteiger charge is 2.30. The minimum Gasteiger partial charge on any atom is -0.494 e.